The highest BCUT2D eigenvalue weighted by Gasteiger charge is 2.42. The van der Waals surface area contributed by atoms with Gasteiger partial charge in [-0.15, -0.1) is 0 Å². The Kier molecular flexibility index (Phi) is 86.6. The van der Waals surface area contributed by atoms with Crippen molar-refractivity contribution in [3.05, 3.63) is 30.3 Å². The van der Waals surface area contributed by atoms with Crippen LogP contribution in [0.5, 0.6) is 0 Å². The van der Waals surface area contributed by atoms with Crippen LogP contribution in [0.1, 0.15) is 367 Å². The quantitative estimate of drug-likeness (QED) is 0.0164. The summed E-state index contributed by atoms with van der Waals surface area (Å²) in [7, 11) is -31.8. The van der Waals surface area contributed by atoms with Gasteiger partial charge in [-0.1, -0.05) is 274 Å². The summed E-state index contributed by atoms with van der Waals surface area (Å²) in [5.74, 6) is 0. The molecule has 1 saturated carbocycles. The molecule has 111 heavy (non-hydrogen) atoms. The number of halogens is 1. The Morgan fingerprint density at radius 3 is 1.11 bits per heavy atom. The predicted molar refractivity (Wildman–Crippen MR) is 460 cm³/mol. The van der Waals surface area contributed by atoms with Crippen LogP contribution in [0.15, 0.2) is 30.3 Å². The van der Waals surface area contributed by atoms with Gasteiger partial charge in [-0.3, -0.25) is 45.5 Å². The first kappa shape index (κ1) is 124. The molecule has 674 valence electrons. The summed E-state index contributed by atoms with van der Waals surface area (Å²) >= 11 is 0. The minimum Gasteiger partial charge on any atom is -0.344 e. The highest BCUT2D eigenvalue weighted by atomic mass is 32.2. The van der Waals surface area contributed by atoms with Crippen LogP contribution in [0.2, 0.25) is 0 Å². The first-order valence-electron chi connectivity index (χ1n) is 41.6. The number of benzene rings is 1. The van der Waals surface area contributed by atoms with Crippen LogP contribution in [0.3, 0.4) is 0 Å². The maximum absolute atomic E-state index is 14.1. The smallest absolute Gasteiger partial charge is 0.344 e. The second-order valence-electron chi connectivity index (χ2n) is 28.2. The van der Waals surface area contributed by atoms with Crippen LogP contribution < -0.4 is 5.30 Å². The molecular formula is C75H164FO26P7S2. The Balaban J connectivity index is -0.000000222. The lowest BCUT2D eigenvalue weighted by Crippen LogP contribution is -2.33. The average Bonchev–Trinajstić information content (AvgIpc) is 0.885. The van der Waals surface area contributed by atoms with Crippen molar-refractivity contribution in [2.24, 2.45) is 0 Å². The molecule has 0 saturated heterocycles. The lowest BCUT2D eigenvalue weighted by atomic mass is 10.0. The third kappa shape index (κ3) is 92.2. The van der Waals surface area contributed by atoms with E-state index in [1.54, 1.807) is 39.8 Å². The SMILES string of the molecule is CC(C)S(=O)(=O)O.CCCCCCC(F)(CCCC)S(=O)(=O)O.CCCCCCCP(=O)(O)C1CCCCC1.CCCCCCCP(=O)(O)CC.CCCCCCCP(=O)(O)OCC.CCCCCCCP(=O)(O)c1ccccc1.CCCCCCOP(=O)(O)O.CCCCCCOP(=O)(O)OCC.CCCP(=O)(O)O. The van der Waals surface area contributed by atoms with E-state index in [4.69, 9.17) is 42.6 Å². The molecule has 1 aliphatic carbocycles. The van der Waals surface area contributed by atoms with Crippen LogP contribution in [0.25, 0.3) is 0 Å². The fraction of sp³-hybridized carbons (Fsp3) is 0.920. The number of unbranched alkanes of at least 4 members (excludes halogenated alkanes) is 26. The van der Waals surface area contributed by atoms with E-state index < -0.39 is 83.4 Å². The van der Waals surface area contributed by atoms with E-state index in [2.05, 4.69) is 50.6 Å². The molecule has 0 aliphatic heterocycles. The van der Waals surface area contributed by atoms with E-state index >= 15 is 0 Å². The molecule has 6 unspecified atom stereocenters. The zero-order valence-corrected chi connectivity index (χ0v) is 79.1. The molecule has 1 fully saturated rings. The predicted octanol–water partition coefficient (Wildman–Crippen LogP) is 23.5. The molecule has 0 bridgehead atoms. The van der Waals surface area contributed by atoms with Crippen molar-refractivity contribution in [1.82, 2.24) is 0 Å². The largest absolute Gasteiger partial charge is 0.472 e. The average molecular weight is 1780 g/mol. The van der Waals surface area contributed by atoms with Gasteiger partial charge >= 0.3 is 30.8 Å². The summed E-state index contributed by atoms with van der Waals surface area (Å²) in [6, 6.07) is 8.98. The normalized spacial score (nSPS) is 15.7. The van der Waals surface area contributed by atoms with Gasteiger partial charge in [0.1, 0.15) is 0 Å². The Labute approximate surface area is 675 Å². The van der Waals surface area contributed by atoms with Crippen molar-refractivity contribution < 1.29 is 124 Å². The summed E-state index contributed by atoms with van der Waals surface area (Å²) in [5, 5.41) is -2.52. The fourth-order valence-electron chi connectivity index (χ4n) is 10.2. The second-order valence-corrected chi connectivity index (χ2v) is 46.2. The zero-order chi connectivity index (χ0) is 86.9. The second kappa shape index (κ2) is 77.4. The minimum atomic E-state index is -4.59. The third-order valence-electron chi connectivity index (χ3n) is 17.1. The van der Waals surface area contributed by atoms with Gasteiger partial charge in [0.15, 0.2) is 7.37 Å². The fourth-order valence-corrected chi connectivity index (χ4v) is 18.6. The lowest BCUT2D eigenvalue weighted by Gasteiger charge is -2.26. The van der Waals surface area contributed by atoms with Crippen LogP contribution in [0, 0.1) is 0 Å². The molecule has 26 nitrogen and oxygen atoms in total. The Morgan fingerprint density at radius 1 is 0.414 bits per heavy atom. The Morgan fingerprint density at radius 2 is 0.766 bits per heavy atom. The number of phosphoric ester groups is 2. The lowest BCUT2D eigenvalue weighted by molar-refractivity contribution is 0.153. The third-order valence-corrected chi connectivity index (χ3v) is 30.5. The number of phosphoric acid groups is 2. The summed E-state index contributed by atoms with van der Waals surface area (Å²) < 4.78 is 169. The molecule has 1 aromatic carbocycles. The zero-order valence-electron chi connectivity index (χ0n) is 71.2. The van der Waals surface area contributed by atoms with Crippen molar-refractivity contribution in [1.29, 1.82) is 0 Å². The maximum Gasteiger partial charge on any atom is 0.472 e. The van der Waals surface area contributed by atoms with Gasteiger partial charge in [0, 0.05) is 47.9 Å². The van der Waals surface area contributed by atoms with E-state index in [1.165, 1.54) is 90.9 Å². The van der Waals surface area contributed by atoms with Crippen LogP contribution >= 0.6 is 52.9 Å². The molecule has 0 radical (unpaired) electrons. The monoisotopic (exact) mass is 1780 g/mol. The molecular weight excluding hydrogens is 1620 g/mol. The van der Waals surface area contributed by atoms with E-state index in [-0.39, 0.29) is 37.9 Å². The molecule has 11 N–H and O–H groups in total. The Hall–Kier alpha value is 0.0600. The molecule has 36 heteroatoms. The number of hydrogen-bond acceptors (Lipinski definition) is 15. The maximum atomic E-state index is 14.1. The van der Waals surface area contributed by atoms with Crippen molar-refractivity contribution in [2.45, 2.75) is 383 Å². The molecule has 0 spiro atoms. The molecule has 1 aromatic rings. The van der Waals surface area contributed by atoms with Gasteiger partial charge in [0.25, 0.3) is 20.2 Å². The first-order chi connectivity index (χ1) is 51.6. The van der Waals surface area contributed by atoms with Gasteiger partial charge in [0.05, 0.1) is 31.7 Å². The minimum absolute atomic E-state index is 0.00694. The van der Waals surface area contributed by atoms with Crippen LogP contribution in [-0.2, 0) is 70.3 Å². The summed E-state index contributed by atoms with van der Waals surface area (Å²) in [4.78, 5) is 80.2. The first-order valence-corrected chi connectivity index (χ1v) is 56.9. The van der Waals surface area contributed by atoms with Gasteiger partial charge < -0.3 is 48.6 Å². The molecule has 0 aromatic heterocycles. The van der Waals surface area contributed by atoms with Crippen molar-refractivity contribution in [3.63, 3.8) is 0 Å². The summed E-state index contributed by atoms with van der Waals surface area (Å²) in [6.45, 7) is 27.5. The molecule has 0 amide bonds. The number of alkyl halides is 1. The standard InChI is InChI=1S/C13H27O2P.C13H21O2P.C11H23FO3S.C9H21O3P.C9H21O2P.C8H19O4P.C6H15O4P.C3H9O3P.C3H8O3S/c2*1-2-3-4-5-9-12-16(14,15)13-10-7-6-8-11-13;1-3-5-7-8-10-11(12,9-6-4-2)16(13,14)15;1-3-5-6-7-8-9-13(10,11)12-4-2;1-3-5-6-7-8-9-12(10,11)4-2;1-3-5-6-7-8-12-13(9,10)11-4-2;1-2-3-4-5-6-10-11(7,8)9;1-2-3-7(4,5)6;1-3(2)7(4,5)6/h13H,2-12H2,1H3,(H,14,15);6-8,10-11H,2-5,9,12H2,1H3,(H,14,15);3-10H2,1-2H3,(H,13,14,15);3-9H2,1-2H3,(H,10,11);3-9H2,1-2H3,(H,10,11);3-8H2,1-2H3,(H,9,10);2-6H2,1H3,(H2,7,8,9);2-3H2,1H3,(H2,4,5,6);3H,1-2H3,(H,4,5,6). The molecule has 0 heterocycles. The highest BCUT2D eigenvalue weighted by molar-refractivity contribution is 7.87. The van der Waals surface area contributed by atoms with E-state index in [1.807, 2.05) is 32.0 Å². The van der Waals surface area contributed by atoms with Gasteiger partial charge in [-0.25, -0.2) is 13.5 Å². The van der Waals surface area contributed by atoms with Crippen LogP contribution in [-0.4, -0.2) is 149 Å². The van der Waals surface area contributed by atoms with E-state index in [0.717, 1.165) is 161 Å². The number of rotatable bonds is 55. The molecule has 1 aliphatic rings. The van der Waals surface area contributed by atoms with Gasteiger partial charge in [-0.05, 0) is 123 Å². The van der Waals surface area contributed by atoms with Crippen molar-refractivity contribution in [3.8, 4) is 0 Å². The molecule has 2 rings (SSSR count). The highest BCUT2D eigenvalue weighted by Crippen LogP contribution is 2.53. The van der Waals surface area contributed by atoms with Crippen molar-refractivity contribution in [2.75, 3.05) is 63.4 Å². The van der Waals surface area contributed by atoms with Crippen LogP contribution in [0.4, 0.5) is 4.39 Å². The summed E-state index contributed by atoms with van der Waals surface area (Å²) in [6.07, 6.45) is 43.1. The Bertz CT molecular complexity index is 2780. The summed E-state index contributed by atoms with van der Waals surface area (Å²) in [5.41, 5.74) is 0.132. The number of hydrogen-bond donors (Lipinski definition) is 11. The van der Waals surface area contributed by atoms with E-state index in [9.17, 15) is 72.8 Å². The van der Waals surface area contributed by atoms with Crippen molar-refractivity contribution >= 4 is 78.5 Å². The van der Waals surface area contributed by atoms with Gasteiger partial charge in [-0.2, -0.15) is 16.8 Å². The van der Waals surface area contributed by atoms with E-state index in [0.29, 0.717) is 68.6 Å². The van der Waals surface area contributed by atoms with Gasteiger partial charge in [0.2, 0.25) is 19.7 Å². The topological polar surface area (TPSA) is 447 Å². The molecule has 6 atom stereocenters.